The van der Waals surface area contributed by atoms with Crippen LogP contribution in [0.5, 0.6) is 11.5 Å². The van der Waals surface area contributed by atoms with Crippen LogP contribution in [0.4, 0.5) is 16.2 Å². The molecule has 0 unspecified atom stereocenters. The Hall–Kier alpha value is -4.12. The monoisotopic (exact) mass is 504 g/mol. The molecule has 1 N–H and O–H groups in total. The van der Waals surface area contributed by atoms with E-state index >= 15 is 0 Å². The zero-order valence-electron chi connectivity index (χ0n) is 21.1. The van der Waals surface area contributed by atoms with Gasteiger partial charge in [-0.2, -0.15) is 9.97 Å². The molecule has 4 aromatic rings. The molecule has 0 atom stereocenters. The third-order valence-electron chi connectivity index (χ3n) is 6.43. The lowest BCUT2D eigenvalue weighted by atomic mass is 10.2. The molecule has 192 valence electrons. The predicted octanol–water partition coefficient (Wildman–Crippen LogP) is 3.39. The third kappa shape index (κ3) is 5.36. The fraction of sp³-hybridized carbons (Fsp3) is 0.346. The minimum absolute atomic E-state index is 0.272. The highest BCUT2D eigenvalue weighted by atomic mass is 19.1. The Bertz CT molecular complexity index is 1380. The normalized spacial score (nSPS) is 14.1. The number of fused-ring (bicyclic) bond motifs is 1. The van der Waals surface area contributed by atoms with Crippen LogP contribution in [-0.4, -0.2) is 77.0 Å². The number of nitrogens with one attached hydrogen (secondary N) is 1. The first kappa shape index (κ1) is 24.6. The van der Waals surface area contributed by atoms with Gasteiger partial charge in [-0.05, 0) is 42.4 Å². The first-order valence-corrected chi connectivity index (χ1v) is 12.2. The van der Waals surface area contributed by atoms with Gasteiger partial charge in [0.1, 0.15) is 5.82 Å². The van der Waals surface area contributed by atoms with Crippen LogP contribution >= 0.6 is 0 Å². The molecule has 3 heterocycles. The number of methoxy groups -OCH3 is 2. The van der Waals surface area contributed by atoms with Gasteiger partial charge in [-0.15, -0.1) is 10.2 Å². The molecule has 10 nitrogen and oxygen atoms in total. The maximum Gasteiger partial charge on any atom is 0.227 e. The summed E-state index contributed by atoms with van der Waals surface area (Å²) in [5.41, 5.74) is 2.63. The number of anilines is 2. The Balaban J connectivity index is 1.52. The summed E-state index contributed by atoms with van der Waals surface area (Å²) in [5.74, 6) is 2.49. The minimum atomic E-state index is -0.272. The van der Waals surface area contributed by atoms with Gasteiger partial charge < -0.3 is 24.6 Å². The van der Waals surface area contributed by atoms with Crippen LogP contribution in [0.15, 0.2) is 42.5 Å². The summed E-state index contributed by atoms with van der Waals surface area (Å²) < 4.78 is 24.1. The number of aromatic nitrogens is 5. The molecule has 1 aliphatic heterocycles. The smallest absolute Gasteiger partial charge is 0.227 e. The number of ether oxygens (including phenoxy) is 2. The Morgan fingerprint density at radius 1 is 0.892 bits per heavy atom. The van der Waals surface area contributed by atoms with E-state index in [1.54, 1.807) is 26.4 Å². The quantitative estimate of drug-likeness (QED) is 0.384. The fourth-order valence-corrected chi connectivity index (χ4v) is 4.28. The predicted molar refractivity (Wildman–Crippen MR) is 140 cm³/mol. The van der Waals surface area contributed by atoms with Crippen molar-refractivity contribution in [3.63, 3.8) is 0 Å². The molecule has 0 radical (unpaired) electrons. The second-order valence-corrected chi connectivity index (χ2v) is 8.65. The van der Waals surface area contributed by atoms with E-state index in [0.717, 1.165) is 43.9 Å². The average molecular weight is 505 g/mol. The van der Waals surface area contributed by atoms with Crippen LogP contribution < -0.4 is 19.7 Å². The number of nitrogens with zero attached hydrogens (tertiary/aromatic N) is 7. The molecule has 0 spiro atoms. The number of rotatable bonds is 8. The molecule has 0 bridgehead atoms. The van der Waals surface area contributed by atoms with E-state index in [1.165, 1.54) is 12.1 Å². The van der Waals surface area contributed by atoms with Crippen LogP contribution in [0.3, 0.4) is 0 Å². The standard InChI is InChI=1S/C26H29FN8O2/c1-4-34-11-13-35(14-12-34)25-22-24(30-26(31-25)28-16-17-5-8-19(27)9-6-17)33-32-23(29-22)18-7-10-20(36-2)21(15-18)37-3/h5-10,15H,4,11-14,16H2,1-3H3,(H,28,30,31,33). The molecule has 0 aliphatic carbocycles. The van der Waals surface area contributed by atoms with Crippen LogP contribution in [0.1, 0.15) is 12.5 Å². The van der Waals surface area contributed by atoms with Gasteiger partial charge in [-0.25, -0.2) is 9.37 Å². The summed E-state index contributed by atoms with van der Waals surface area (Å²) in [4.78, 5) is 18.9. The Morgan fingerprint density at radius 3 is 2.35 bits per heavy atom. The van der Waals surface area contributed by atoms with Crippen LogP contribution in [0.2, 0.25) is 0 Å². The average Bonchev–Trinajstić information content (AvgIpc) is 2.95. The molecule has 0 saturated carbocycles. The van der Waals surface area contributed by atoms with E-state index in [0.29, 0.717) is 46.8 Å². The maximum atomic E-state index is 13.3. The second-order valence-electron chi connectivity index (χ2n) is 8.65. The van der Waals surface area contributed by atoms with Gasteiger partial charge in [-0.1, -0.05) is 19.1 Å². The number of hydrogen-bond acceptors (Lipinski definition) is 10. The third-order valence-corrected chi connectivity index (χ3v) is 6.43. The van der Waals surface area contributed by atoms with E-state index < -0.39 is 0 Å². The van der Waals surface area contributed by atoms with Gasteiger partial charge in [0.15, 0.2) is 28.7 Å². The van der Waals surface area contributed by atoms with Gasteiger partial charge in [0.25, 0.3) is 0 Å². The molecular formula is C26H29FN8O2. The second kappa shape index (κ2) is 10.9. The van der Waals surface area contributed by atoms with Crippen molar-refractivity contribution < 1.29 is 13.9 Å². The highest BCUT2D eigenvalue weighted by Crippen LogP contribution is 2.32. The number of likely N-dealkylation sites (N-methyl/N-ethyl adjacent to an activating group) is 1. The van der Waals surface area contributed by atoms with Crippen molar-refractivity contribution in [1.29, 1.82) is 0 Å². The van der Waals surface area contributed by atoms with E-state index in [-0.39, 0.29) is 5.82 Å². The lowest BCUT2D eigenvalue weighted by Crippen LogP contribution is -2.46. The topological polar surface area (TPSA) is 101 Å². The highest BCUT2D eigenvalue weighted by Gasteiger charge is 2.22. The van der Waals surface area contributed by atoms with Crippen molar-refractivity contribution >= 4 is 22.9 Å². The van der Waals surface area contributed by atoms with Crippen molar-refractivity contribution in [2.24, 2.45) is 0 Å². The van der Waals surface area contributed by atoms with Gasteiger partial charge in [0.05, 0.1) is 14.2 Å². The molecule has 1 fully saturated rings. The van der Waals surface area contributed by atoms with E-state index in [4.69, 9.17) is 19.4 Å². The minimum Gasteiger partial charge on any atom is -0.493 e. The van der Waals surface area contributed by atoms with Gasteiger partial charge in [0, 0.05) is 38.3 Å². The van der Waals surface area contributed by atoms with E-state index in [2.05, 4.69) is 37.2 Å². The van der Waals surface area contributed by atoms with Crippen molar-refractivity contribution in [1.82, 2.24) is 30.0 Å². The summed E-state index contributed by atoms with van der Waals surface area (Å²) in [6, 6.07) is 11.8. The Morgan fingerprint density at radius 2 is 1.65 bits per heavy atom. The van der Waals surface area contributed by atoms with Crippen molar-refractivity contribution in [3.05, 3.63) is 53.8 Å². The number of piperazine rings is 1. The summed E-state index contributed by atoms with van der Waals surface area (Å²) in [6.07, 6.45) is 0. The van der Waals surface area contributed by atoms with Crippen LogP contribution in [-0.2, 0) is 6.54 Å². The highest BCUT2D eigenvalue weighted by molar-refractivity contribution is 5.85. The van der Waals surface area contributed by atoms with E-state index in [1.807, 2.05) is 18.2 Å². The zero-order chi connectivity index (χ0) is 25.8. The molecule has 37 heavy (non-hydrogen) atoms. The van der Waals surface area contributed by atoms with Crippen molar-refractivity contribution in [2.75, 3.05) is 57.2 Å². The van der Waals surface area contributed by atoms with Crippen LogP contribution in [0, 0.1) is 5.82 Å². The number of benzene rings is 2. The van der Waals surface area contributed by atoms with Gasteiger partial charge in [-0.3, -0.25) is 0 Å². The summed E-state index contributed by atoms with van der Waals surface area (Å²) in [5, 5.41) is 12.0. The summed E-state index contributed by atoms with van der Waals surface area (Å²) >= 11 is 0. The maximum absolute atomic E-state index is 13.3. The molecule has 1 saturated heterocycles. The Labute approximate surface area is 214 Å². The van der Waals surface area contributed by atoms with Crippen LogP contribution in [0.25, 0.3) is 22.6 Å². The lowest BCUT2D eigenvalue weighted by molar-refractivity contribution is 0.270. The molecule has 11 heteroatoms. The molecular weight excluding hydrogens is 475 g/mol. The molecule has 1 aliphatic rings. The van der Waals surface area contributed by atoms with Gasteiger partial charge in [0.2, 0.25) is 11.6 Å². The SMILES string of the molecule is CCN1CCN(c2nc(NCc3ccc(F)cc3)nc3nnc(-c4ccc(OC)c(OC)c4)nc23)CC1. The summed E-state index contributed by atoms with van der Waals surface area (Å²) in [7, 11) is 3.18. The summed E-state index contributed by atoms with van der Waals surface area (Å²) in [6.45, 7) is 7.11. The first-order valence-electron chi connectivity index (χ1n) is 12.2. The molecule has 5 rings (SSSR count). The van der Waals surface area contributed by atoms with Crippen molar-refractivity contribution in [2.45, 2.75) is 13.5 Å². The molecule has 2 aromatic heterocycles. The molecule has 2 aromatic carbocycles. The first-order chi connectivity index (χ1) is 18.1. The zero-order valence-corrected chi connectivity index (χ0v) is 21.1. The van der Waals surface area contributed by atoms with Gasteiger partial charge >= 0.3 is 0 Å². The Kier molecular flexibility index (Phi) is 7.22. The lowest BCUT2D eigenvalue weighted by Gasteiger charge is -2.35. The number of halogens is 1. The molecule has 0 amide bonds. The number of hydrogen-bond donors (Lipinski definition) is 1. The van der Waals surface area contributed by atoms with Crippen molar-refractivity contribution in [3.8, 4) is 22.9 Å². The largest absolute Gasteiger partial charge is 0.493 e. The fourth-order valence-electron chi connectivity index (χ4n) is 4.28. The van der Waals surface area contributed by atoms with E-state index in [9.17, 15) is 4.39 Å².